The van der Waals surface area contributed by atoms with Gasteiger partial charge in [-0.2, -0.15) is 0 Å². The fourth-order valence-corrected chi connectivity index (χ4v) is 4.00. The van der Waals surface area contributed by atoms with Crippen LogP contribution in [0.5, 0.6) is 0 Å². The molecule has 2 rings (SSSR count). The SMILES string of the molecule is Cc1cccc(CS(=O)(=O)NC2CCC(N)CC2)c1.Cl. The minimum absolute atomic E-state index is 0. The van der Waals surface area contributed by atoms with Gasteiger partial charge in [0.15, 0.2) is 0 Å². The Balaban J connectivity index is 0.00000200. The minimum Gasteiger partial charge on any atom is -0.328 e. The number of sulfonamides is 1. The third-order valence-electron chi connectivity index (χ3n) is 3.56. The molecule has 1 aliphatic rings. The van der Waals surface area contributed by atoms with Gasteiger partial charge < -0.3 is 5.73 Å². The maximum atomic E-state index is 12.1. The molecule has 0 bridgehead atoms. The Bertz CT molecular complexity index is 526. The van der Waals surface area contributed by atoms with Gasteiger partial charge in [0, 0.05) is 12.1 Å². The molecule has 1 aromatic rings. The van der Waals surface area contributed by atoms with E-state index in [-0.39, 0.29) is 30.2 Å². The predicted molar refractivity (Wildman–Crippen MR) is 84.4 cm³/mol. The molecule has 0 amide bonds. The molecule has 4 nitrogen and oxygen atoms in total. The summed E-state index contributed by atoms with van der Waals surface area (Å²) in [7, 11) is -3.26. The predicted octanol–water partition coefficient (Wildman–Crippen LogP) is 2.11. The van der Waals surface area contributed by atoms with Crippen molar-refractivity contribution >= 4 is 22.4 Å². The van der Waals surface area contributed by atoms with E-state index in [1.807, 2.05) is 31.2 Å². The van der Waals surface area contributed by atoms with E-state index in [1.54, 1.807) is 0 Å². The summed E-state index contributed by atoms with van der Waals surface area (Å²) in [6.07, 6.45) is 3.48. The lowest BCUT2D eigenvalue weighted by Crippen LogP contribution is -2.40. The average molecular weight is 319 g/mol. The van der Waals surface area contributed by atoms with Gasteiger partial charge in [-0.15, -0.1) is 12.4 Å². The van der Waals surface area contributed by atoms with Crippen molar-refractivity contribution in [2.24, 2.45) is 5.73 Å². The van der Waals surface area contributed by atoms with Crippen molar-refractivity contribution in [3.8, 4) is 0 Å². The van der Waals surface area contributed by atoms with Gasteiger partial charge in [0.25, 0.3) is 0 Å². The third-order valence-corrected chi connectivity index (χ3v) is 4.96. The molecule has 0 saturated heterocycles. The van der Waals surface area contributed by atoms with Crippen molar-refractivity contribution in [2.75, 3.05) is 0 Å². The van der Waals surface area contributed by atoms with Gasteiger partial charge in [-0.05, 0) is 38.2 Å². The van der Waals surface area contributed by atoms with Crippen LogP contribution in [-0.4, -0.2) is 20.5 Å². The Hall–Kier alpha value is -0.620. The van der Waals surface area contributed by atoms with Gasteiger partial charge in [0.05, 0.1) is 5.75 Å². The Morgan fingerprint density at radius 3 is 2.50 bits per heavy atom. The molecule has 0 atom stereocenters. The summed E-state index contributed by atoms with van der Waals surface area (Å²) in [4.78, 5) is 0. The van der Waals surface area contributed by atoms with Crippen molar-refractivity contribution in [2.45, 2.75) is 50.4 Å². The maximum Gasteiger partial charge on any atom is 0.216 e. The quantitative estimate of drug-likeness (QED) is 0.893. The smallest absolute Gasteiger partial charge is 0.216 e. The summed E-state index contributed by atoms with van der Waals surface area (Å²) in [6, 6.07) is 7.90. The molecule has 0 unspecified atom stereocenters. The monoisotopic (exact) mass is 318 g/mol. The highest BCUT2D eigenvalue weighted by atomic mass is 35.5. The number of nitrogens with one attached hydrogen (secondary N) is 1. The third kappa shape index (κ3) is 5.40. The van der Waals surface area contributed by atoms with Crippen LogP contribution in [-0.2, 0) is 15.8 Å². The van der Waals surface area contributed by atoms with Crippen molar-refractivity contribution in [3.05, 3.63) is 35.4 Å². The van der Waals surface area contributed by atoms with Crippen LogP contribution in [0.3, 0.4) is 0 Å². The van der Waals surface area contributed by atoms with Gasteiger partial charge in [0.1, 0.15) is 0 Å². The Morgan fingerprint density at radius 1 is 1.25 bits per heavy atom. The lowest BCUT2D eigenvalue weighted by molar-refractivity contribution is 0.373. The first-order valence-corrected chi connectivity index (χ1v) is 8.41. The Labute approximate surface area is 127 Å². The molecule has 1 aromatic carbocycles. The topological polar surface area (TPSA) is 72.2 Å². The zero-order valence-corrected chi connectivity index (χ0v) is 13.3. The highest BCUT2D eigenvalue weighted by molar-refractivity contribution is 7.88. The summed E-state index contributed by atoms with van der Waals surface area (Å²) in [5, 5.41) is 0. The second-order valence-electron chi connectivity index (χ2n) is 5.48. The van der Waals surface area contributed by atoms with Crippen LogP contribution in [0.2, 0.25) is 0 Å². The van der Waals surface area contributed by atoms with Crippen molar-refractivity contribution in [1.29, 1.82) is 0 Å². The first kappa shape index (κ1) is 17.4. The van der Waals surface area contributed by atoms with Crippen LogP contribution in [0.1, 0.15) is 36.8 Å². The highest BCUT2D eigenvalue weighted by Crippen LogP contribution is 2.18. The fraction of sp³-hybridized carbons (Fsp3) is 0.571. The summed E-state index contributed by atoms with van der Waals surface area (Å²) < 4.78 is 27.0. The molecule has 20 heavy (non-hydrogen) atoms. The van der Waals surface area contributed by atoms with Crippen LogP contribution in [0.25, 0.3) is 0 Å². The number of rotatable bonds is 4. The van der Waals surface area contributed by atoms with E-state index < -0.39 is 10.0 Å². The zero-order valence-electron chi connectivity index (χ0n) is 11.7. The van der Waals surface area contributed by atoms with E-state index in [0.29, 0.717) is 0 Å². The number of benzene rings is 1. The van der Waals surface area contributed by atoms with E-state index in [0.717, 1.165) is 36.8 Å². The standard InChI is InChI=1S/C14H22N2O2S.ClH/c1-11-3-2-4-12(9-11)10-19(17,18)16-14-7-5-13(15)6-8-14;/h2-4,9,13-14,16H,5-8,10,15H2,1H3;1H. The van der Waals surface area contributed by atoms with Gasteiger partial charge in [-0.3, -0.25) is 0 Å². The zero-order chi connectivity index (χ0) is 13.9. The van der Waals surface area contributed by atoms with Crippen molar-refractivity contribution in [3.63, 3.8) is 0 Å². The normalized spacial score (nSPS) is 23.1. The second-order valence-corrected chi connectivity index (χ2v) is 7.23. The second kappa shape index (κ2) is 7.41. The Morgan fingerprint density at radius 2 is 1.90 bits per heavy atom. The first-order chi connectivity index (χ1) is 8.94. The summed E-state index contributed by atoms with van der Waals surface area (Å²) in [5.74, 6) is 0.0528. The summed E-state index contributed by atoms with van der Waals surface area (Å²) in [5.41, 5.74) is 7.74. The minimum atomic E-state index is -3.26. The molecule has 1 saturated carbocycles. The van der Waals surface area contributed by atoms with Crippen LogP contribution >= 0.6 is 12.4 Å². The van der Waals surface area contributed by atoms with Gasteiger partial charge >= 0.3 is 0 Å². The van der Waals surface area contributed by atoms with Crippen LogP contribution in [0.15, 0.2) is 24.3 Å². The van der Waals surface area contributed by atoms with Crippen LogP contribution in [0.4, 0.5) is 0 Å². The molecule has 0 spiro atoms. The molecule has 0 aliphatic heterocycles. The number of hydrogen-bond acceptors (Lipinski definition) is 3. The molecule has 6 heteroatoms. The lowest BCUT2D eigenvalue weighted by Gasteiger charge is -2.26. The molecule has 114 valence electrons. The molecule has 1 aliphatic carbocycles. The van der Waals surface area contributed by atoms with Gasteiger partial charge in [0.2, 0.25) is 10.0 Å². The average Bonchev–Trinajstić information content (AvgIpc) is 2.31. The first-order valence-electron chi connectivity index (χ1n) is 6.76. The summed E-state index contributed by atoms with van der Waals surface area (Å²) >= 11 is 0. The van der Waals surface area contributed by atoms with Crippen LogP contribution in [0, 0.1) is 6.92 Å². The number of nitrogens with two attached hydrogens (primary N) is 1. The van der Waals surface area contributed by atoms with E-state index >= 15 is 0 Å². The van der Waals surface area contributed by atoms with Gasteiger partial charge in [-0.25, -0.2) is 13.1 Å². The number of halogens is 1. The van der Waals surface area contributed by atoms with E-state index in [2.05, 4.69) is 4.72 Å². The highest BCUT2D eigenvalue weighted by Gasteiger charge is 2.23. The lowest BCUT2D eigenvalue weighted by atomic mass is 9.93. The van der Waals surface area contributed by atoms with Gasteiger partial charge in [-0.1, -0.05) is 29.8 Å². The van der Waals surface area contributed by atoms with Crippen molar-refractivity contribution < 1.29 is 8.42 Å². The molecule has 1 fully saturated rings. The molecular formula is C14H23ClN2O2S. The van der Waals surface area contributed by atoms with E-state index in [4.69, 9.17) is 5.73 Å². The fourth-order valence-electron chi connectivity index (χ4n) is 2.55. The molecule has 3 N–H and O–H groups in total. The summed E-state index contributed by atoms with van der Waals surface area (Å²) in [6.45, 7) is 1.96. The largest absolute Gasteiger partial charge is 0.328 e. The van der Waals surface area contributed by atoms with Crippen LogP contribution < -0.4 is 10.5 Å². The molecule has 0 heterocycles. The Kier molecular flexibility index (Phi) is 6.45. The molecular weight excluding hydrogens is 296 g/mol. The maximum absolute atomic E-state index is 12.1. The molecule has 0 radical (unpaired) electrons. The van der Waals surface area contributed by atoms with E-state index in [1.165, 1.54) is 0 Å². The number of aryl methyl sites for hydroxylation is 1. The number of hydrogen-bond donors (Lipinski definition) is 2. The van der Waals surface area contributed by atoms with E-state index in [9.17, 15) is 8.42 Å². The van der Waals surface area contributed by atoms with Crippen molar-refractivity contribution in [1.82, 2.24) is 4.72 Å². The molecule has 0 aromatic heterocycles.